The molecular weight excluding hydrogens is 342 g/mol. The van der Waals surface area contributed by atoms with E-state index in [2.05, 4.69) is 0 Å². The summed E-state index contributed by atoms with van der Waals surface area (Å²) in [6.07, 6.45) is 1.71. The molecule has 0 unspecified atom stereocenters. The molecule has 1 amide bonds. The second-order valence-corrected chi connectivity index (χ2v) is 8.18. The summed E-state index contributed by atoms with van der Waals surface area (Å²) >= 11 is 1.52. The monoisotopic (exact) mass is 363 g/mol. The second kappa shape index (κ2) is 7.04. The van der Waals surface area contributed by atoms with Gasteiger partial charge in [-0.1, -0.05) is 42.5 Å². The number of benzene rings is 2. The van der Waals surface area contributed by atoms with E-state index >= 15 is 0 Å². The minimum Gasteiger partial charge on any atom is -0.337 e. The summed E-state index contributed by atoms with van der Waals surface area (Å²) in [4.78, 5) is 29.7. The van der Waals surface area contributed by atoms with Crippen molar-refractivity contribution < 1.29 is 9.59 Å². The van der Waals surface area contributed by atoms with Crippen molar-refractivity contribution in [1.29, 1.82) is 0 Å². The first-order chi connectivity index (χ1) is 12.6. The molecule has 0 aliphatic carbocycles. The highest BCUT2D eigenvalue weighted by atomic mass is 32.1. The first-order valence-electron chi connectivity index (χ1n) is 9.01. The number of carbonyl (C=O) groups is 2. The number of Topliss-reactive ketones (excluding diaryl/α,β-unsaturated/α-hetero) is 1. The van der Waals surface area contributed by atoms with E-state index in [-0.39, 0.29) is 17.6 Å². The van der Waals surface area contributed by atoms with E-state index in [0.29, 0.717) is 6.54 Å². The van der Waals surface area contributed by atoms with Crippen LogP contribution in [0, 0.1) is 12.8 Å². The summed E-state index contributed by atoms with van der Waals surface area (Å²) in [5.41, 5.74) is 0.773. The van der Waals surface area contributed by atoms with Gasteiger partial charge in [-0.25, -0.2) is 0 Å². The average molecular weight is 363 g/mol. The van der Waals surface area contributed by atoms with Gasteiger partial charge >= 0.3 is 0 Å². The lowest BCUT2D eigenvalue weighted by Gasteiger charge is -2.32. The minimum absolute atomic E-state index is 0.0542. The molecule has 2 aromatic carbocycles. The third kappa shape index (κ3) is 3.17. The van der Waals surface area contributed by atoms with Gasteiger partial charge in [0.25, 0.3) is 5.91 Å². The molecule has 0 radical (unpaired) electrons. The predicted octanol–water partition coefficient (Wildman–Crippen LogP) is 4.94. The van der Waals surface area contributed by atoms with Crippen molar-refractivity contribution in [3.63, 3.8) is 0 Å². The van der Waals surface area contributed by atoms with Gasteiger partial charge in [-0.3, -0.25) is 9.59 Å². The van der Waals surface area contributed by atoms with Gasteiger partial charge in [-0.05, 0) is 42.7 Å². The van der Waals surface area contributed by atoms with Crippen molar-refractivity contribution >= 4 is 33.8 Å². The molecule has 3 aromatic rings. The SMILES string of the molecule is Cc1ccc(C(=O)N2CCC[C@@H](C(=O)c3cccc4ccccc34)C2)s1. The summed E-state index contributed by atoms with van der Waals surface area (Å²) in [5, 5.41) is 2.08. The Hall–Kier alpha value is -2.46. The zero-order chi connectivity index (χ0) is 18.1. The molecule has 0 saturated carbocycles. The molecule has 1 aliphatic rings. The van der Waals surface area contributed by atoms with Gasteiger partial charge in [0.05, 0.1) is 4.88 Å². The van der Waals surface area contributed by atoms with E-state index < -0.39 is 0 Å². The molecule has 2 heterocycles. The molecular formula is C22H21NO2S. The van der Waals surface area contributed by atoms with Crippen molar-refractivity contribution in [3.8, 4) is 0 Å². The number of amides is 1. The number of piperidine rings is 1. The second-order valence-electron chi connectivity index (χ2n) is 6.89. The quantitative estimate of drug-likeness (QED) is 0.618. The molecule has 1 aliphatic heterocycles. The Bertz CT molecular complexity index is 970. The number of aryl methyl sites for hydroxylation is 1. The van der Waals surface area contributed by atoms with Crippen LogP contribution in [0.4, 0.5) is 0 Å². The zero-order valence-electron chi connectivity index (χ0n) is 14.8. The van der Waals surface area contributed by atoms with E-state index in [1.54, 1.807) is 0 Å². The molecule has 26 heavy (non-hydrogen) atoms. The van der Waals surface area contributed by atoms with Crippen LogP contribution < -0.4 is 0 Å². The van der Waals surface area contributed by atoms with Gasteiger partial charge in [0.1, 0.15) is 0 Å². The highest BCUT2D eigenvalue weighted by Gasteiger charge is 2.30. The maximum absolute atomic E-state index is 13.2. The Balaban J connectivity index is 1.57. The van der Waals surface area contributed by atoms with Crippen LogP contribution in [0.5, 0.6) is 0 Å². The Labute approximate surface area is 157 Å². The molecule has 132 valence electrons. The zero-order valence-corrected chi connectivity index (χ0v) is 15.6. The molecule has 1 atom stereocenters. The van der Waals surface area contributed by atoms with Crippen LogP contribution in [0.15, 0.2) is 54.6 Å². The molecule has 1 saturated heterocycles. The topological polar surface area (TPSA) is 37.4 Å². The van der Waals surface area contributed by atoms with Crippen molar-refractivity contribution in [2.24, 2.45) is 5.92 Å². The fourth-order valence-electron chi connectivity index (χ4n) is 3.74. The Morgan fingerprint density at radius 1 is 1.04 bits per heavy atom. The summed E-state index contributed by atoms with van der Waals surface area (Å²) in [6, 6.07) is 17.7. The van der Waals surface area contributed by atoms with Gasteiger partial charge in [0.2, 0.25) is 0 Å². The molecule has 1 fully saturated rings. The number of carbonyl (C=O) groups excluding carboxylic acids is 2. The van der Waals surface area contributed by atoms with E-state index in [0.717, 1.165) is 45.5 Å². The highest BCUT2D eigenvalue weighted by Crippen LogP contribution is 2.27. The number of hydrogen-bond donors (Lipinski definition) is 0. The third-order valence-electron chi connectivity index (χ3n) is 5.09. The van der Waals surface area contributed by atoms with Gasteiger partial charge in [0, 0.05) is 29.4 Å². The van der Waals surface area contributed by atoms with Crippen LogP contribution in [0.25, 0.3) is 10.8 Å². The minimum atomic E-state index is -0.125. The van der Waals surface area contributed by atoms with E-state index in [1.165, 1.54) is 11.3 Å². The van der Waals surface area contributed by atoms with E-state index in [4.69, 9.17) is 0 Å². The molecule has 0 spiro atoms. The standard InChI is InChI=1S/C22H21NO2S/c1-15-11-12-20(26-15)22(25)23-13-5-8-17(14-23)21(24)19-10-4-7-16-6-2-3-9-18(16)19/h2-4,6-7,9-12,17H,5,8,13-14H2,1H3/t17-/m1/s1. The fraction of sp³-hybridized carbons (Fsp3) is 0.273. The van der Waals surface area contributed by atoms with Gasteiger partial charge in [-0.2, -0.15) is 0 Å². The number of ketones is 1. The van der Waals surface area contributed by atoms with Crippen molar-refractivity contribution in [2.75, 3.05) is 13.1 Å². The largest absolute Gasteiger partial charge is 0.337 e. The van der Waals surface area contributed by atoms with Gasteiger partial charge in [-0.15, -0.1) is 11.3 Å². The molecule has 4 heteroatoms. The number of fused-ring (bicyclic) bond motifs is 1. The maximum Gasteiger partial charge on any atom is 0.263 e. The number of nitrogens with zero attached hydrogens (tertiary/aromatic N) is 1. The lowest BCUT2D eigenvalue weighted by molar-refractivity contribution is 0.0641. The summed E-state index contributed by atoms with van der Waals surface area (Å²) in [5.74, 6) is 0.0831. The van der Waals surface area contributed by atoms with Crippen molar-refractivity contribution in [1.82, 2.24) is 4.90 Å². The highest BCUT2D eigenvalue weighted by molar-refractivity contribution is 7.13. The molecule has 3 nitrogen and oxygen atoms in total. The number of hydrogen-bond acceptors (Lipinski definition) is 3. The Morgan fingerprint density at radius 3 is 2.65 bits per heavy atom. The smallest absolute Gasteiger partial charge is 0.263 e. The van der Waals surface area contributed by atoms with Crippen LogP contribution >= 0.6 is 11.3 Å². The van der Waals surface area contributed by atoms with Crippen LogP contribution in [-0.4, -0.2) is 29.7 Å². The number of likely N-dealkylation sites (tertiary alicyclic amines) is 1. The van der Waals surface area contributed by atoms with Crippen molar-refractivity contribution in [2.45, 2.75) is 19.8 Å². The van der Waals surface area contributed by atoms with E-state index in [9.17, 15) is 9.59 Å². The molecule has 0 bridgehead atoms. The van der Waals surface area contributed by atoms with E-state index in [1.807, 2.05) is 66.4 Å². The normalized spacial score (nSPS) is 17.4. The van der Waals surface area contributed by atoms with Crippen LogP contribution in [0.1, 0.15) is 37.7 Å². The average Bonchev–Trinajstić information content (AvgIpc) is 3.13. The van der Waals surface area contributed by atoms with Crippen LogP contribution in [-0.2, 0) is 0 Å². The Morgan fingerprint density at radius 2 is 1.85 bits per heavy atom. The fourth-order valence-corrected chi connectivity index (χ4v) is 4.58. The van der Waals surface area contributed by atoms with Gasteiger partial charge < -0.3 is 4.90 Å². The molecule has 4 rings (SSSR count). The van der Waals surface area contributed by atoms with Crippen LogP contribution in [0.3, 0.4) is 0 Å². The first-order valence-corrected chi connectivity index (χ1v) is 9.83. The lowest BCUT2D eigenvalue weighted by Crippen LogP contribution is -2.42. The summed E-state index contributed by atoms with van der Waals surface area (Å²) in [7, 11) is 0. The van der Waals surface area contributed by atoms with Gasteiger partial charge in [0.15, 0.2) is 5.78 Å². The number of thiophene rings is 1. The van der Waals surface area contributed by atoms with Crippen molar-refractivity contribution in [3.05, 3.63) is 69.9 Å². The molecule has 0 N–H and O–H groups in total. The van der Waals surface area contributed by atoms with Crippen LogP contribution in [0.2, 0.25) is 0 Å². The maximum atomic E-state index is 13.2. The summed E-state index contributed by atoms with van der Waals surface area (Å²) < 4.78 is 0. The Kier molecular flexibility index (Phi) is 4.60. The third-order valence-corrected chi connectivity index (χ3v) is 6.07. The first kappa shape index (κ1) is 17.0. The summed E-state index contributed by atoms with van der Waals surface area (Å²) in [6.45, 7) is 3.25. The number of rotatable bonds is 3. The predicted molar refractivity (Wildman–Crippen MR) is 106 cm³/mol. The lowest BCUT2D eigenvalue weighted by atomic mass is 9.88. The molecule has 1 aromatic heterocycles.